The molecule has 0 heterocycles. The Morgan fingerprint density at radius 1 is 1.18 bits per heavy atom. The molecule has 1 unspecified atom stereocenters. The Bertz CT molecular complexity index is 377. The van der Waals surface area contributed by atoms with E-state index >= 15 is 0 Å². The summed E-state index contributed by atoms with van der Waals surface area (Å²) in [4.78, 5) is 22.7. The molecular weight excluding hydrogens is 297 g/mol. The fraction of sp³-hybridized carbons (Fsp3) is 0.867. The molecule has 4 nitrogen and oxygen atoms in total. The van der Waals surface area contributed by atoms with Crippen molar-refractivity contribution in [2.24, 2.45) is 11.8 Å². The van der Waals surface area contributed by atoms with Gasteiger partial charge in [0.05, 0.1) is 5.92 Å². The highest BCUT2D eigenvalue weighted by Crippen LogP contribution is 2.40. The molecule has 0 aromatic carbocycles. The van der Waals surface area contributed by atoms with E-state index in [9.17, 15) is 22.8 Å². The van der Waals surface area contributed by atoms with Crippen molar-refractivity contribution < 1.29 is 22.8 Å². The molecule has 2 amide bonds. The quantitative estimate of drug-likeness (QED) is 0.790. The van der Waals surface area contributed by atoms with Crippen molar-refractivity contribution in [1.29, 1.82) is 0 Å². The van der Waals surface area contributed by atoms with Crippen molar-refractivity contribution in [3.05, 3.63) is 0 Å². The second kappa shape index (κ2) is 8.39. The molecule has 1 aliphatic carbocycles. The number of hydrogen-bond acceptors (Lipinski definition) is 2. The number of rotatable bonds is 6. The highest BCUT2D eigenvalue weighted by Gasteiger charge is 2.41. The van der Waals surface area contributed by atoms with Gasteiger partial charge in [-0.3, -0.25) is 9.59 Å². The standard InChI is InChI=1S/C15H25F3N2O2/c1-10(21)20-13(14(22)19-2)5-3-4-11-6-8-12(9-7-11)15(16,17)18/h11-13H,3-9H2,1-2H3,(H,19,22)(H,20,21). The Morgan fingerprint density at radius 3 is 2.23 bits per heavy atom. The average molecular weight is 322 g/mol. The minimum atomic E-state index is -4.07. The van der Waals surface area contributed by atoms with Crippen molar-refractivity contribution in [2.75, 3.05) is 7.05 Å². The van der Waals surface area contributed by atoms with Crippen LogP contribution in [0, 0.1) is 11.8 Å². The maximum absolute atomic E-state index is 12.6. The zero-order valence-corrected chi connectivity index (χ0v) is 13.1. The Kier molecular flexibility index (Phi) is 7.16. The second-order valence-electron chi connectivity index (χ2n) is 6.06. The van der Waals surface area contributed by atoms with Gasteiger partial charge in [0, 0.05) is 14.0 Å². The maximum Gasteiger partial charge on any atom is 0.391 e. The van der Waals surface area contributed by atoms with Crippen LogP contribution in [-0.2, 0) is 9.59 Å². The monoisotopic (exact) mass is 322 g/mol. The van der Waals surface area contributed by atoms with Gasteiger partial charge in [0.1, 0.15) is 6.04 Å². The highest BCUT2D eigenvalue weighted by atomic mass is 19.4. The summed E-state index contributed by atoms with van der Waals surface area (Å²) < 4.78 is 37.8. The van der Waals surface area contributed by atoms with Gasteiger partial charge in [-0.05, 0) is 38.0 Å². The highest BCUT2D eigenvalue weighted by molar-refractivity contribution is 5.86. The lowest BCUT2D eigenvalue weighted by Crippen LogP contribution is -2.44. The van der Waals surface area contributed by atoms with Gasteiger partial charge in [-0.15, -0.1) is 0 Å². The Balaban J connectivity index is 2.31. The van der Waals surface area contributed by atoms with Gasteiger partial charge in [0.25, 0.3) is 0 Å². The number of likely N-dealkylation sites (N-methyl/N-ethyl adjacent to an activating group) is 1. The van der Waals surface area contributed by atoms with E-state index in [1.165, 1.54) is 14.0 Å². The summed E-state index contributed by atoms with van der Waals surface area (Å²) in [7, 11) is 1.51. The number of nitrogens with one attached hydrogen (secondary N) is 2. The van der Waals surface area contributed by atoms with Gasteiger partial charge in [-0.25, -0.2) is 0 Å². The Labute approximate surface area is 129 Å². The van der Waals surface area contributed by atoms with Crippen LogP contribution >= 0.6 is 0 Å². The molecule has 128 valence electrons. The summed E-state index contributed by atoms with van der Waals surface area (Å²) >= 11 is 0. The molecule has 1 rings (SSSR count). The first kappa shape index (κ1) is 18.8. The molecule has 1 atom stereocenters. The van der Waals surface area contributed by atoms with Crippen LogP contribution in [0.15, 0.2) is 0 Å². The average Bonchev–Trinajstić information content (AvgIpc) is 2.44. The molecule has 1 aliphatic rings. The second-order valence-corrected chi connectivity index (χ2v) is 6.06. The minimum Gasteiger partial charge on any atom is -0.357 e. The van der Waals surface area contributed by atoms with E-state index in [0.717, 1.165) is 12.8 Å². The third kappa shape index (κ3) is 6.23. The van der Waals surface area contributed by atoms with Gasteiger partial charge in [0.2, 0.25) is 11.8 Å². The third-order valence-corrected chi connectivity index (χ3v) is 4.36. The lowest BCUT2D eigenvalue weighted by Gasteiger charge is -2.30. The van der Waals surface area contributed by atoms with Gasteiger partial charge in [-0.2, -0.15) is 13.2 Å². The van der Waals surface area contributed by atoms with Crippen LogP contribution in [0.1, 0.15) is 51.9 Å². The van der Waals surface area contributed by atoms with Crippen LogP contribution in [0.4, 0.5) is 13.2 Å². The molecule has 22 heavy (non-hydrogen) atoms. The molecule has 0 radical (unpaired) electrons. The molecule has 1 fully saturated rings. The van der Waals surface area contributed by atoms with Crippen molar-refractivity contribution in [2.45, 2.75) is 64.1 Å². The summed E-state index contributed by atoms with van der Waals surface area (Å²) in [5.74, 6) is -1.36. The largest absolute Gasteiger partial charge is 0.391 e. The first-order valence-corrected chi connectivity index (χ1v) is 7.79. The number of carbonyl (C=O) groups excluding carboxylic acids is 2. The normalized spacial score (nSPS) is 23.7. The summed E-state index contributed by atoms with van der Waals surface area (Å²) in [5, 5.41) is 5.10. The number of halogens is 3. The fourth-order valence-electron chi connectivity index (χ4n) is 3.08. The molecule has 0 bridgehead atoms. The van der Waals surface area contributed by atoms with E-state index < -0.39 is 18.1 Å². The van der Waals surface area contributed by atoms with Gasteiger partial charge in [0.15, 0.2) is 0 Å². The van der Waals surface area contributed by atoms with Crippen molar-refractivity contribution in [3.63, 3.8) is 0 Å². The smallest absolute Gasteiger partial charge is 0.357 e. The van der Waals surface area contributed by atoms with E-state index in [1.807, 2.05) is 0 Å². The number of hydrogen-bond donors (Lipinski definition) is 2. The van der Waals surface area contributed by atoms with E-state index in [4.69, 9.17) is 0 Å². The van der Waals surface area contributed by atoms with Gasteiger partial charge >= 0.3 is 6.18 Å². The van der Waals surface area contributed by atoms with Crippen molar-refractivity contribution in [1.82, 2.24) is 10.6 Å². The molecular formula is C15H25F3N2O2. The molecule has 0 aromatic heterocycles. The third-order valence-electron chi connectivity index (χ3n) is 4.36. The zero-order chi connectivity index (χ0) is 16.8. The lowest BCUT2D eigenvalue weighted by molar-refractivity contribution is -0.184. The summed E-state index contributed by atoms with van der Waals surface area (Å²) in [5.41, 5.74) is 0. The van der Waals surface area contributed by atoms with Gasteiger partial charge in [-0.1, -0.05) is 12.8 Å². The number of alkyl halides is 3. The van der Waals surface area contributed by atoms with E-state index in [0.29, 0.717) is 25.2 Å². The van der Waals surface area contributed by atoms with Crippen LogP contribution in [0.5, 0.6) is 0 Å². The van der Waals surface area contributed by atoms with Gasteiger partial charge < -0.3 is 10.6 Å². The number of carbonyl (C=O) groups is 2. The van der Waals surface area contributed by atoms with Crippen LogP contribution in [0.25, 0.3) is 0 Å². The van der Waals surface area contributed by atoms with Crippen molar-refractivity contribution in [3.8, 4) is 0 Å². The van der Waals surface area contributed by atoms with E-state index in [1.54, 1.807) is 0 Å². The molecule has 0 saturated heterocycles. The first-order valence-electron chi connectivity index (χ1n) is 7.79. The Hall–Kier alpha value is -1.27. The van der Waals surface area contributed by atoms with E-state index in [2.05, 4.69) is 10.6 Å². The minimum absolute atomic E-state index is 0.207. The molecule has 7 heteroatoms. The lowest BCUT2D eigenvalue weighted by atomic mass is 9.79. The van der Waals surface area contributed by atoms with E-state index in [-0.39, 0.29) is 24.7 Å². The fourth-order valence-corrected chi connectivity index (χ4v) is 3.08. The predicted octanol–water partition coefficient (Wildman–Crippen LogP) is 2.78. The van der Waals surface area contributed by atoms with Crippen LogP contribution < -0.4 is 10.6 Å². The van der Waals surface area contributed by atoms with Crippen LogP contribution in [0.3, 0.4) is 0 Å². The molecule has 0 aliphatic heterocycles. The number of amides is 2. The predicted molar refractivity (Wildman–Crippen MR) is 77.0 cm³/mol. The summed E-state index contributed by atoms with van der Waals surface area (Å²) in [6.07, 6.45) is -0.433. The summed E-state index contributed by atoms with van der Waals surface area (Å²) in [6.45, 7) is 1.36. The molecule has 1 saturated carbocycles. The topological polar surface area (TPSA) is 58.2 Å². The first-order chi connectivity index (χ1) is 10.2. The van der Waals surface area contributed by atoms with Crippen LogP contribution in [0.2, 0.25) is 0 Å². The molecule has 2 N–H and O–H groups in total. The molecule has 0 spiro atoms. The maximum atomic E-state index is 12.6. The van der Waals surface area contributed by atoms with Crippen molar-refractivity contribution >= 4 is 11.8 Å². The SMILES string of the molecule is CNC(=O)C(CCCC1CCC(C(F)(F)F)CC1)NC(C)=O. The zero-order valence-electron chi connectivity index (χ0n) is 13.1. The summed E-state index contributed by atoms with van der Waals surface area (Å²) in [6, 6.07) is -0.561. The van der Waals surface area contributed by atoms with Crippen LogP contribution in [-0.4, -0.2) is 31.1 Å². The Morgan fingerprint density at radius 2 is 1.77 bits per heavy atom. The molecule has 0 aromatic rings.